The number of urea groups is 1. The first-order valence-electron chi connectivity index (χ1n) is 10.6. The van der Waals surface area contributed by atoms with E-state index in [0.717, 1.165) is 11.6 Å². The van der Waals surface area contributed by atoms with Crippen molar-refractivity contribution in [1.82, 2.24) is 10.2 Å². The molecule has 0 fully saturated rings. The van der Waals surface area contributed by atoms with Crippen LogP contribution < -0.4 is 10.2 Å². The van der Waals surface area contributed by atoms with Crippen molar-refractivity contribution in [3.63, 3.8) is 0 Å². The predicted molar refractivity (Wildman–Crippen MR) is 123 cm³/mol. The third-order valence-electron chi connectivity index (χ3n) is 6.02. The second kappa shape index (κ2) is 9.58. The summed E-state index contributed by atoms with van der Waals surface area (Å²) in [5.74, 6) is -4.54. The molecule has 3 aromatic rings. The van der Waals surface area contributed by atoms with Crippen LogP contribution in [0.15, 0.2) is 48.5 Å². The van der Waals surface area contributed by atoms with E-state index >= 15 is 0 Å². The van der Waals surface area contributed by atoms with Gasteiger partial charge in [-0.15, -0.1) is 0 Å². The zero-order valence-electron chi connectivity index (χ0n) is 18.7. The van der Waals surface area contributed by atoms with Gasteiger partial charge in [-0.2, -0.15) is 0 Å². The Balaban J connectivity index is 1.63. The molecule has 0 saturated carbocycles. The molecule has 35 heavy (non-hydrogen) atoms. The number of carbonyl (C=O) groups excluding carboxylic acids is 2. The molecule has 182 valence electrons. The molecule has 1 heterocycles. The van der Waals surface area contributed by atoms with E-state index in [0.29, 0.717) is 17.8 Å². The van der Waals surface area contributed by atoms with Crippen molar-refractivity contribution in [3.8, 4) is 0 Å². The van der Waals surface area contributed by atoms with Crippen molar-refractivity contribution in [2.45, 2.75) is 26.1 Å². The summed E-state index contributed by atoms with van der Waals surface area (Å²) in [4.78, 5) is 28.7. The van der Waals surface area contributed by atoms with Gasteiger partial charge in [0.1, 0.15) is 23.3 Å². The summed E-state index contributed by atoms with van der Waals surface area (Å²) >= 11 is 5.83. The highest BCUT2D eigenvalue weighted by Gasteiger charge is 2.34. The molecule has 4 rings (SSSR count). The third-order valence-corrected chi connectivity index (χ3v) is 6.26. The van der Waals surface area contributed by atoms with Gasteiger partial charge in [-0.05, 0) is 36.8 Å². The first-order valence-corrected chi connectivity index (χ1v) is 11.0. The number of anilines is 1. The summed E-state index contributed by atoms with van der Waals surface area (Å²) in [7, 11) is 1.62. The second-order valence-corrected chi connectivity index (χ2v) is 8.63. The van der Waals surface area contributed by atoms with Crippen molar-refractivity contribution in [2.24, 2.45) is 0 Å². The maximum absolute atomic E-state index is 14.5. The molecule has 0 saturated heterocycles. The monoisotopic (exact) mass is 505 g/mol. The van der Waals surface area contributed by atoms with E-state index in [1.165, 1.54) is 34.1 Å². The largest absolute Gasteiger partial charge is 0.348 e. The number of hydrogen-bond acceptors (Lipinski definition) is 2. The molecule has 0 bridgehead atoms. The Morgan fingerprint density at radius 1 is 1.00 bits per heavy atom. The van der Waals surface area contributed by atoms with Gasteiger partial charge in [0, 0.05) is 47.4 Å². The van der Waals surface area contributed by atoms with E-state index in [2.05, 4.69) is 5.32 Å². The zero-order valence-corrected chi connectivity index (χ0v) is 19.5. The molecule has 1 unspecified atom stereocenters. The Bertz CT molecular complexity index is 1310. The highest BCUT2D eigenvalue weighted by molar-refractivity contribution is 6.30. The first-order chi connectivity index (χ1) is 16.6. The lowest BCUT2D eigenvalue weighted by Crippen LogP contribution is -2.46. The molecule has 10 heteroatoms. The average Bonchev–Trinajstić information content (AvgIpc) is 2.80. The van der Waals surface area contributed by atoms with Crippen LogP contribution in [-0.2, 0) is 13.1 Å². The highest BCUT2D eigenvalue weighted by Crippen LogP contribution is 2.37. The molecule has 3 amide bonds. The van der Waals surface area contributed by atoms with Crippen molar-refractivity contribution in [3.05, 3.63) is 99.1 Å². The minimum atomic E-state index is -1.12. The van der Waals surface area contributed by atoms with E-state index < -0.39 is 47.3 Å². The van der Waals surface area contributed by atoms with Gasteiger partial charge in [-0.3, -0.25) is 9.69 Å². The minimum Gasteiger partial charge on any atom is -0.348 e. The fraction of sp³-hybridized carbons (Fsp3) is 0.200. The molecule has 1 N–H and O–H groups in total. The van der Waals surface area contributed by atoms with E-state index in [4.69, 9.17) is 11.6 Å². The van der Waals surface area contributed by atoms with Crippen LogP contribution in [0, 0.1) is 23.3 Å². The molecule has 0 aromatic heterocycles. The maximum atomic E-state index is 14.5. The molecule has 0 radical (unpaired) electrons. The number of benzene rings is 3. The lowest BCUT2D eigenvalue weighted by atomic mass is 9.98. The van der Waals surface area contributed by atoms with Gasteiger partial charge in [0.05, 0.1) is 18.3 Å². The Hall–Kier alpha value is -3.59. The lowest BCUT2D eigenvalue weighted by Gasteiger charge is -2.39. The maximum Gasteiger partial charge on any atom is 0.325 e. The van der Waals surface area contributed by atoms with E-state index in [1.807, 2.05) is 6.92 Å². The molecule has 0 aliphatic carbocycles. The highest BCUT2D eigenvalue weighted by atomic mass is 35.5. The summed E-state index contributed by atoms with van der Waals surface area (Å²) in [6.45, 7) is 1.20. The van der Waals surface area contributed by atoms with Crippen LogP contribution in [0.25, 0.3) is 0 Å². The van der Waals surface area contributed by atoms with Crippen LogP contribution >= 0.6 is 11.6 Å². The molecule has 0 spiro atoms. The molecule has 1 aliphatic heterocycles. The number of hydrogen-bond donors (Lipinski definition) is 1. The minimum absolute atomic E-state index is 0.108. The Morgan fingerprint density at radius 2 is 1.69 bits per heavy atom. The standard InChI is InChI=1S/C25H20ClF4N3O2/c1-13-18-6-4-14(24(34)31-11-19-21(29)9-17(27)10-22(19)30)7-23(18)33(25(35)32(13)2)12-15-3-5-16(26)8-20(15)28/h3-10,13H,11-12H2,1-2H3,(H,31,34). The van der Waals surface area contributed by atoms with Crippen LogP contribution in [0.2, 0.25) is 5.02 Å². The van der Waals surface area contributed by atoms with Crippen LogP contribution in [-0.4, -0.2) is 23.9 Å². The Kier molecular flexibility index (Phi) is 6.71. The van der Waals surface area contributed by atoms with Crippen molar-refractivity contribution in [2.75, 3.05) is 11.9 Å². The number of carbonyl (C=O) groups is 2. The van der Waals surface area contributed by atoms with Crippen molar-refractivity contribution in [1.29, 1.82) is 0 Å². The van der Waals surface area contributed by atoms with Crippen LogP contribution in [0.1, 0.15) is 40.0 Å². The quantitative estimate of drug-likeness (QED) is 0.435. The third kappa shape index (κ3) is 4.81. The van der Waals surface area contributed by atoms with Gasteiger partial charge < -0.3 is 10.2 Å². The Morgan fingerprint density at radius 3 is 2.34 bits per heavy atom. The zero-order chi connectivity index (χ0) is 25.4. The summed E-state index contributed by atoms with van der Waals surface area (Å²) in [5.41, 5.74) is 1.00. The molecule has 3 aromatic carbocycles. The van der Waals surface area contributed by atoms with Gasteiger partial charge in [-0.1, -0.05) is 23.7 Å². The van der Waals surface area contributed by atoms with Crippen LogP contribution in [0.3, 0.4) is 0 Å². The fourth-order valence-electron chi connectivity index (χ4n) is 3.92. The predicted octanol–water partition coefficient (Wildman–Crippen LogP) is 5.96. The summed E-state index contributed by atoms with van der Waals surface area (Å²) in [6, 6.07) is 9.14. The smallest absolute Gasteiger partial charge is 0.325 e. The number of nitrogens with one attached hydrogen (secondary N) is 1. The van der Waals surface area contributed by atoms with Crippen LogP contribution in [0.5, 0.6) is 0 Å². The van der Waals surface area contributed by atoms with Gasteiger partial charge in [0.2, 0.25) is 0 Å². The second-order valence-electron chi connectivity index (χ2n) is 8.20. The fourth-order valence-corrected chi connectivity index (χ4v) is 4.08. The number of nitrogens with zero attached hydrogens (tertiary/aromatic N) is 2. The molecule has 5 nitrogen and oxygen atoms in total. The van der Waals surface area contributed by atoms with Gasteiger partial charge in [0.15, 0.2) is 0 Å². The topological polar surface area (TPSA) is 52.7 Å². The van der Waals surface area contributed by atoms with E-state index in [9.17, 15) is 27.2 Å². The van der Waals surface area contributed by atoms with Crippen molar-refractivity contribution < 1.29 is 27.2 Å². The molecule has 1 atom stereocenters. The summed E-state index contributed by atoms with van der Waals surface area (Å²) in [6.07, 6.45) is 0. The summed E-state index contributed by atoms with van der Waals surface area (Å²) < 4.78 is 55.4. The van der Waals surface area contributed by atoms with Gasteiger partial charge in [0.25, 0.3) is 5.91 Å². The van der Waals surface area contributed by atoms with E-state index in [-0.39, 0.29) is 28.7 Å². The number of amides is 3. The van der Waals surface area contributed by atoms with Crippen LogP contribution in [0.4, 0.5) is 28.0 Å². The molecular weight excluding hydrogens is 486 g/mol. The normalized spacial score (nSPS) is 15.3. The first kappa shape index (κ1) is 24.5. The van der Waals surface area contributed by atoms with Crippen molar-refractivity contribution >= 4 is 29.2 Å². The van der Waals surface area contributed by atoms with E-state index in [1.54, 1.807) is 13.1 Å². The number of fused-ring (bicyclic) bond motifs is 1. The number of rotatable bonds is 5. The SMILES string of the molecule is CC1c2ccc(C(=O)NCc3c(F)cc(F)cc3F)cc2N(Cc2ccc(Cl)cc2F)C(=O)N1C. The lowest BCUT2D eigenvalue weighted by molar-refractivity contribution is 0.0950. The Labute approximate surface area is 203 Å². The number of halogens is 5. The van der Waals surface area contributed by atoms with Gasteiger partial charge >= 0.3 is 6.03 Å². The molecule has 1 aliphatic rings. The van der Waals surface area contributed by atoms with Gasteiger partial charge in [-0.25, -0.2) is 22.4 Å². The average molecular weight is 506 g/mol. The summed E-state index contributed by atoms with van der Waals surface area (Å²) in [5, 5.41) is 2.62. The molecular formula is C25H20ClF4N3O2.